The maximum absolute atomic E-state index is 6.34. The fourth-order valence-corrected chi connectivity index (χ4v) is 5.53. The topological polar surface area (TPSA) is 51.0 Å². The summed E-state index contributed by atoms with van der Waals surface area (Å²) in [6.45, 7) is 5.63. The van der Waals surface area contributed by atoms with Crippen LogP contribution in [0.5, 0.6) is 5.75 Å². The quantitative estimate of drug-likeness (QED) is 0.254. The van der Waals surface area contributed by atoms with Crippen molar-refractivity contribution in [1.82, 2.24) is 15.0 Å². The first-order valence-corrected chi connectivity index (χ1v) is 13.5. The SMILES string of the molecule is COCC1(COc2ccc3c(CCC4CCN(Cc5ccccc5)CC4)noc3c2CN(C)C)CC1.Cl.Cl. The predicted molar refractivity (Wildman–Crippen MR) is 158 cm³/mol. The molecule has 1 saturated carbocycles. The summed E-state index contributed by atoms with van der Waals surface area (Å²) in [4.78, 5) is 4.75. The molecule has 3 aromatic rings. The molecular weight excluding hydrogens is 521 g/mol. The number of halogens is 2. The summed E-state index contributed by atoms with van der Waals surface area (Å²) in [5.41, 5.74) is 4.65. The number of ether oxygens (including phenoxy) is 2. The number of hydrogen-bond acceptors (Lipinski definition) is 6. The van der Waals surface area contributed by atoms with E-state index >= 15 is 0 Å². The van der Waals surface area contributed by atoms with Gasteiger partial charge in [0.25, 0.3) is 0 Å². The first-order valence-electron chi connectivity index (χ1n) is 13.5. The summed E-state index contributed by atoms with van der Waals surface area (Å²) in [6.07, 6.45) is 7.00. The lowest BCUT2D eigenvalue weighted by Gasteiger charge is -2.32. The van der Waals surface area contributed by atoms with Gasteiger partial charge >= 0.3 is 0 Å². The maximum Gasteiger partial charge on any atom is 0.175 e. The third-order valence-corrected chi connectivity index (χ3v) is 7.94. The number of nitrogens with zero attached hydrogens (tertiary/aromatic N) is 3. The highest BCUT2D eigenvalue weighted by molar-refractivity contribution is 5.86. The molecule has 1 aliphatic heterocycles. The van der Waals surface area contributed by atoms with Gasteiger partial charge in [-0.05, 0) is 89.3 Å². The standard InChI is InChI=1S/C30H41N3O3.2ClH/c1-32(2)20-26-28(35-22-30(15-16-30)21-34-3)12-10-25-27(31-36-29(25)26)11-9-23-13-17-33(18-14-23)19-24-7-5-4-6-8-24;;/h4-8,10,12,23H,9,11,13-22H2,1-3H3;2*1H. The molecule has 2 aliphatic rings. The molecule has 0 atom stereocenters. The van der Waals surface area contributed by atoms with Crippen molar-refractivity contribution in [1.29, 1.82) is 0 Å². The van der Waals surface area contributed by atoms with Crippen LogP contribution in [0.2, 0.25) is 0 Å². The molecule has 210 valence electrons. The van der Waals surface area contributed by atoms with Gasteiger partial charge in [0, 0.05) is 31.0 Å². The third-order valence-electron chi connectivity index (χ3n) is 7.94. The van der Waals surface area contributed by atoms with Gasteiger partial charge in [0.1, 0.15) is 5.75 Å². The molecule has 1 aliphatic carbocycles. The Labute approximate surface area is 239 Å². The normalized spacial score (nSPS) is 17.3. The zero-order valence-electron chi connectivity index (χ0n) is 23.0. The molecule has 0 spiro atoms. The van der Waals surface area contributed by atoms with E-state index in [2.05, 4.69) is 71.5 Å². The average molecular weight is 565 g/mol. The molecule has 8 heteroatoms. The van der Waals surface area contributed by atoms with E-state index < -0.39 is 0 Å². The Kier molecular flexibility index (Phi) is 11.3. The van der Waals surface area contributed by atoms with E-state index in [1.54, 1.807) is 7.11 Å². The molecule has 0 bridgehead atoms. The van der Waals surface area contributed by atoms with Gasteiger partial charge in [-0.25, -0.2) is 0 Å². The number of aryl methyl sites for hydroxylation is 1. The van der Waals surface area contributed by atoms with Crippen molar-refractivity contribution >= 4 is 35.8 Å². The number of rotatable bonds is 12. The molecule has 1 aromatic heterocycles. The molecule has 6 nitrogen and oxygen atoms in total. The van der Waals surface area contributed by atoms with E-state index in [-0.39, 0.29) is 30.2 Å². The van der Waals surface area contributed by atoms with Crippen LogP contribution in [0, 0.1) is 11.3 Å². The molecule has 0 amide bonds. The second-order valence-corrected chi connectivity index (χ2v) is 11.3. The van der Waals surface area contributed by atoms with Crippen LogP contribution in [0.15, 0.2) is 47.0 Å². The molecule has 2 heterocycles. The summed E-state index contributed by atoms with van der Waals surface area (Å²) in [5.74, 6) is 1.66. The Morgan fingerprint density at radius 2 is 1.76 bits per heavy atom. The first-order chi connectivity index (χ1) is 17.5. The highest BCUT2D eigenvalue weighted by Crippen LogP contribution is 2.46. The van der Waals surface area contributed by atoms with Gasteiger partial charge in [0.15, 0.2) is 5.58 Å². The van der Waals surface area contributed by atoms with Gasteiger partial charge in [-0.1, -0.05) is 35.5 Å². The van der Waals surface area contributed by atoms with Crippen LogP contribution >= 0.6 is 24.8 Å². The minimum Gasteiger partial charge on any atom is -0.492 e. The van der Waals surface area contributed by atoms with E-state index in [0.717, 1.165) is 60.0 Å². The van der Waals surface area contributed by atoms with Crippen LogP contribution in [-0.2, 0) is 24.2 Å². The molecule has 2 aromatic carbocycles. The summed E-state index contributed by atoms with van der Waals surface area (Å²) in [6, 6.07) is 15.1. The lowest BCUT2D eigenvalue weighted by Crippen LogP contribution is -2.33. The van der Waals surface area contributed by atoms with Crippen molar-refractivity contribution in [3.8, 4) is 5.75 Å². The Morgan fingerprint density at radius 1 is 1.03 bits per heavy atom. The van der Waals surface area contributed by atoms with Crippen molar-refractivity contribution < 1.29 is 14.0 Å². The van der Waals surface area contributed by atoms with Gasteiger partial charge in [0.05, 0.1) is 24.5 Å². The van der Waals surface area contributed by atoms with Crippen LogP contribution in [0.1, 0.15) is 48.9 Å². The number of likely N-dealkylation sites (tertiary alicyclic amines) is 1. The number of methoxy groups -OCH3 is 1. The Balaban J connectivity index is 0.00000200. The molecule has 1 saturated heterocycles. The number of fused-ring (bicyclic) bond motifs is 1. The molecule has 0 unspecified atom stereocenters. The maximum atomic E-state index is 6.34. The van der Waals surface area contributed by atoms with Crippen molar-refractivity contribution in [2.45, 2.75) is 51.6 Å². The molecular formula is C30H43Cl2N3O3. The van der Waals surface area contributed by atoms with Crippen LogP contribution in [-0.4, -0.2) is 62.5 Å². The lowest BCUT2D eigenvalue weighted by atomic mass is 9.91. The summed E-state index contributed by atoms with van der Waals surface area (Å²) >= 11 is 0. The van der Waals surface area contributed by atoms with E-state index in [4.69, 9.17) is 14.0 Å². The monoisotopic (exact) mass is 563 g/mol. The van der Waals surface area contributed by atoms with Gasteiger partial charge in [-0.3, -0.25) is 4.90 Å². The molecule has 0 N–H and O–H groups in total. The minimum atomic E-state index is 0. The van der Waals surface area contributed by atoms with Crippen molar-refractivity contribution in [3.63, 3.8) is 0 Å². The smallest absolute Gasteiger partial charge is 0.175 e. The Morgan fingerprint density at radius 3 is 2.42 bits per heavy atom. The van der Waals surface area contributed by atoms with Crippen molar-refractivity contribution in [3.05, 3.63) is 59.3 Å². The number of aromatic nitrogens is 1. The molecule has 0 radical (unpaired) electrons. The lowest BCUT2D eigenvalue weighted by molar-refractivity contribution is 0.104. The highest BCUT2D eigenvalue weighted by atomic mass is 35.5. The van der Waals surface area contributed by atoms with Crippen LogP contribution in [0.3, 0.4) is 0 Å². The molecule has 2 fully saturated rings. The second kappa shape index (κ2) is 14.0. The van der Waals surface area contributed by atoms with E-state index in [0.29, 0.717) is 6.61 Å². The fourth-order valence-electron chi connectivity index (χ4n) is 5.53. The summed E-state index contributed by atoms with van der Waals surface area (Å²) in [5, 5.41) is 5.67. The average Bonchev–Trinajstić information content (AvgIpc) is 3.52. The predicted octanol–water partition coefficient (Wildman–Crippen LogP) is 6.38. The van der Waals surface area contributed by atoms with E-state index in [1.807, 2.05) is 0 Å². The van der Waals surface area contributed by atoms with E-state index in [1.165, 1.54) is 50.8 Å². The van der Waals surface area contributed by atoms with Crippen LogP contribution in [0.4, 0.5) is 0 Å². The third kappa shape index (κ3) is 7.64. The van der Waals surface area contributed by atoms with Crippen LogP contribution < -0.4 is 4.74 Å². The first kappa shape index (κ1) is 30.7. The van der Waals surface area contributed by atoms with Crippen molar-refractivity contribution in [2.24, 2.45) is 11.3 Å². The van der Waals surface area contributed by atoms with Gasteiger partial charge in [-0.2, -0.15) is 0 Å². The van der Waals surface area contributed by atoms with Crippen molar-refractivity contribution in [2.75, 3.05) is 47.5 Å². The Hall–Kier alpha value is -1.83. The summed E-state index contributed by atoms with van der Waals surface area (Å²) in [7, 11) is 5.93. The fraction of sp³-hybridized carbons (Fsp3) is 0.567. The van der Waals surface area contributed by atoms with Crippen LogP contribution in [0.25, 0.3) is 11.0 Å². The minimum absolute atomic E-state index is 0. The summed E-state index contributed by atoms with van der Waals surface area (Å²) < 4.78 is 17.7. The number of hydrogen-bond donors (Lipinski definition) is 0. The highest BCUT2D eigenvalue weighted by Gasteiger charge is 2.43. The molecule has 38 heavy (non-hydrogen) atoms. The zero-order valence-corrected chi connectivity index (χ0v) is 24.6. The Bertz CT molecular complexity index is 1130. The van der Waals surface area contributed by atoms with Gasteiger partial charge in [0.2, 0.25) is 0 Å². The zero-order chi connectivity index (χ0) is 25.0. The van der Waals surface area contributed by atoms with Gasteiger partial charge < -0.3 is 18.9 Å². The number of piperidine rings is 1. The molecule has 5 rings (SSSR count). The largest absolute Gasteiger partial charge is 0.492 e. The second-order valence-electron chi connectivity index (χ2n) is 11.3. The number of benzene rings is 2. The van der Waals surface area contributed by atoms with E-state index in [9.17, 15) is 0 Å². The van der Waals surface area contributed by atoms with Gasteiger partial charge in [-0.15, -0.1) is 24.8 Å².